The second-order valence-corrected chi connectivity index (χ2v) is 4.70. The molecule has 19 heavy (non-hydrogen) atoms. The molecule has 0 saturated carbocycles. The monoisotopic (exact) mass is 278 g/mol. The number of rotatable bonds is 2. The van der Waals surface area contributed by atoms with Crippen LogP contribution in [-0.2, 0) is 6.42 Å². The fourth-order valence-corrected chi connectivity index (χ4v) is 2.43. The summed E-state index contributed by atoms with van der Waals surface area (Å²) in [4.78, 5) is 10.3. The summed E-state index contributed by atoms with van der Waals surface area (Å²) >= 11 is 6.15. The second-order valence-electron chi connectivity index (χ2n) is 4.29. The second kappa shape index (κ2) is 4.66. The zero-order valence-corrected chi connectivity index (χ0v) is 11.1. The van der Waals surface area contributed by atoms with E-state index in [9.17, 15) is 4.39 Å². The lowest BCUT2D eigenvalue weighted by molar-refractivity contribution is 0.628. The van der Waals surface area contributed by atoms with Crippen molar-refractivity contribution in [3.05, 3.63) is 40.8 Å². The third-order valence-corrected chi connectivity index (χ3v) is 3.41. The van der Waals surface area contributed by atoms with Gasteiger partial charge in [-0.25, -0.2) is 9.37 Å². The molecule has 0 amide bonds. The smallest absolute Gasteiger partial charge is 0.224 e. The number of fused-ring (bicyclic) bond motifs is 1. The molecule has 0 unspecified atom stereocenters. The van der Waals surface area contributed by atoms with Crippen LogP contribution < -0.4 is 10.2 Å². The number of anilines is 3. The Labute approximate surface area is 115 Å². The molecule has 1 aromatic carbocycles. The quantitative estimate of drug-likeness (QED) is 0.917. The molecule has 0 saturated heterocycles. The van der Waals surface area contributed by atoms with Gasteiger partial charge in [0, 0.05) is 19.3 Å². The zero-order chi connectivity index (χ0) is 13.4. The van der Waals surface area contributed by atoms with E-state index in [-0.39, 0.29) is 5.82 Å². The number of nitrogens with zero attached hydrogens (tertiary/aromatic N) is 3. The molecule has 0 spiro atoms. The van der Waals surface area contributed by atoms with Crippen LogP contribution in [0.15, 0.2) is 24.4 Å². The van der Waals surface area contributed by atoms with Crippen LogP contribution in [0.25, 0.3) is 0 Å². The number of hydrogen-bond acceptors (Lipinski definition) is 4. The van der Waals surface area contributed by atoms with E-state index < -0.39 is 0 Å². The summed E-state index contributed by atoms with van der Waals surface area (Å²) in [6, 6.07) is 4.79. The van der Waals surface area contributed by atoms with Crippen molar-refractivity contribution in [3.63, 3.8) is 0 Å². The highest BCUT2D eigenvalue weighted by molar-refractivity contribution is 6.33. The summed E-state index contributed by atoms with van der Waals surface area (Å²) in [7, 11) is 1.74. The molecule has 4 nitrogen and oxygen atoms in total. The van der Waals surface area contributed by atoms with Crippen molar-refractivity contribution < 1.29 is 4.39 Å². The fraction of sp³-hybridized carbons (Fsp3) is 0.231. The van der Waals surface area contributed by atoms with Crippen LogP contribution in [0.1, 0.15) is 5.56 Å². The third-order valence-electron chi connectivity index (χ3n) is 3.15. The van der Waals surface area contributed by atoms with Crippen LogP contribution in [0.5, 0.6) is 0 Å². The van der Waals surface area contributed by atoms with Gasteiger partial charge in [-0.2, -0.15) is 4.98 Å². The Kier molecular flexibility index (Phi) is 2.98. The van der Waals surface area contributed by atoms with Gasteiger partial charge in [0.2, 0.25) is 5.95 Å². The number of nitrogens with one attached hydrogen (secondary N) is 1. The molecule has 0 bridgehead atoms. The maximum Gasteiger partial charge on any atom is 0.224 e. The molecule has 1 aliphatic rings. The maximum atomic E-state index is 13.4. The number of benzene rings is 1. The van der Waals surface area contributed by atoms with Crippen LogP contribution >= 0.6 is 11.6 Å². The van der Waals surface area contributed by atoms with Crippen molar-refractivity contribution in [1.29, 1.82) is 0 Å². The average Bonchev–Trinajstić information content (AvgIpc) is 2.82. The van der Waals surface area contributed by atoms with Crippen molar-refractivity contribution in [1.82, 2.24) is 9.97 Å². The molecule has 2 heterocycles. The van der Waals surface area contributed by atoms with Gasteiger partial charge in [-0.3, -0.25) is 0 Å². The lowest BCUT2D eigenvalue weighted by Gasteiger charge is -2.19. The first-order chi connectivity index (χ1) is 9.19. The molecule has 98 valence electrons. The van der Waals surface area contributed by atoms with Gasteiger partial charge in [-0.05, 0) is 24.1 Å². The number of aromatic nitrogens is 2. The molecule has 0 atom stereocenters. The van der Waals surface area contributed by atoms with Gasteiger partial charge in [0.15, 0.2) is 5.82 Å². The minimum Gasteiger partial charge on any atom is -0.357 e. The van der Waals surface area contributed by atoms with Crippen LogP contribution in [0.4, 0.5) is 21.8 Å². The Morgan fingerprint density at radius 2 is 2.26 bits per heavy atom. The summed E-state index contributed by atoms with van der Waals surface area (Å²) in [5, 5.41) is 3.33. The topological polar surface area (TPSA) is 41.1 Å². The predicted molar refractivity (Wildman–Crippen MR) is 73.7 cm³/mol. The lowest BCUT2D eigenvalue weighted by atomic mass is 10.2. The Hall–Kier alpha value is -1.88. The molecule has 0 aliphatic carbocycles. The first-order valence-electron chi connectivity index (χ1n) is 5.95. The van der Waals surface area contributed by atoms with Crippen LogP contribution in [-0.4, -0.2) is 23.6 Å². The van der Waals surface area contributed by atoms with Gasteiger partial charge in [-0.1, -0.05) is 17.7 Å². The summed E-state index contributed by atoms with van der Waals surface area (Å²) in [5.74, 6) is 0.833. The SMILES string of the molecule is CNc1ncc(Cl)c(N2CCc3ccc(F)cc32)n1. The molecule has 1 aliphatic heterocycles. The van der Waals surface area contributed by atoms with Crippen molar-refractivity contribution in [3.8, 4) is 0 Å². The van der Waals surface area contributed by atoms with E-state index in [0.29, 0.717) is 16.8 Å². The average molecular weight is 279 g/mol. The first-order valence-corrected chi connectivity index (χ1v) is 6.33. The van der Waals surface area contributed by atoms with E-state index in [1.807, 2.05) is 4.90 Å². The van der Waals surface area contributed by atoms with Gasteiger partial charge in [0.05, 0.1) is 6.20 Å². The van der Waals surface area contributed by atoms with E-state index in [1.54, 1.807) is 19.3 Å². The van der Waals surface area contributed by atoms with E-state index >= 15 is 0 Å². The lowest BCUT2D eigenvalue weighted by Crippen LogP contribution is -2.16. The third kappa shape index (κ3) is 2.10. The highest BCUT2D eigenvalue weighted by atomic mass is 35.5. The Morgan fingerprint density at radius 1 is 1.42 bits per heavy atom. The van der Waals surface area contributed by atoms with Gasteiger partial charge in [0.25, 0.3) is 0 Å². The van der Waals surface area contributed by atoms with Crippen LogP contribution in [0, 0.1) is 5.82 Å². The molecule has 3 rings (SSSR count). The molecule has 0 fully saturated rings. The standard InChI is InChI=1S/C13H12ClFN4/c1-16-13-17-7-10(14)12(18-13)19-5-4-8-2-3-9(15)6-11(8)19/h2-3,6-7H,4-5H2,1H3,(H,16,17,18). The molecular formula is C13H12ClFN4. The number of halogens is 2. The van der Waals surface area contributed by atoms with Gasteiger partial charge >= 0.3 is 0 Å². The minimum atomic E-state index is -0.260. The Morgan fingerprint density at radius 3 is 3.05 bits per heavy atom. The summed E-state index contributed by atoms with van der Waals surface area (Å²) in [5.41, 5.74) is 1.92. The van der Waals surface area contributed by atoms with Crippen LogP contribution in [0.3, 0.4) is 0 Å². The Balaban J connectivity index is 2.08. The van der Waals surface area contributed by atoms with Crippen LogP contribution in [0.2, 0.25) is 5.02 Å². The fourth-order valence-electron chi connectivity index (χ4n) is 2.24. The molecule has 0 radical (unpaired) electrons. The normalized spacial score (nSPS) is 13.5. The molecular weight excluding hydrogens is 267 g/mol. The molecule has 1 aromatic heterocycles. The van der Waals surface area contributed by atoms with Crippen molar-refractivity contribution in [2.75, 3.05) is 23.8 Å². The van der Waals surface area contributed by atoms with Crippen molar-refractivity contribution in [2.45, 2.75) is 6.42 Å². The first kappa shape index (κ1) is 12.2. The highest BCUT2D eigenvalue weighted by Gasteiger charge is 2.24. The zero-order valence-electron chi connectivity index (χ0n) is 10.3. The Bertz CT molecular complexity index is 632. The van der Waals surface area contributed by atoms with E-state index in [2.05, 4.69) is 15.3 Å². The largest absolute Gasteiger partial charge is 0.357 e. The summed E-state index contributed by atoms with van der Waals surface area (Å²) in [6.07, 6.45) is 2.40. The van der Waals surface area contributed by atoms with E-state index in [0.717, 1.165) is 24.2 Å². The van der Waals surface area contributed by atoms with Crippen molar-refractivity contribution in [2.24, 2.45) is 0 Å². The summed E-state index contributed by atoms with van der Waals surface area (Å²) in [6.45, 7) is 0.735. The number of hydrogen-bond donors (Lipinski definition) is 1. The molecule has 1 N–H and O–H groups in total. The van der Waals surface area contributed by atoms with Crippen molar-refractivity contribution >= 4 is 29.1 Å². The van der Waals surface area contributed by atoms with Gasteiger partial charge < -0.3 is 10.2 Å². The molecule has 6 heteroatoms. The van der Waals surface area contributed by atoms with E-state index in [4.69, 9.17) is 11.6 Å². The van der Waals surface area contributed by atoms with E-state index in [1.165, 1.54) is 12.1 Å². The van der Waals surface area contributed by atoms with Gasteiger partial charge in [-0.15, -0.1) is 0 Å². The molecule has 2 aromatic rings. The summed E-state index contributed by atoms with van der Waals surface area (Å²) < 4.78 is 13.4. The highest BCUT2D eigenvalue weighted by Crippen LogP contribution is 2.37. The maximum absolute atomic E-state index is 13.4. The van der Waals surface area contributed by atoms with Gasteiger partial charge in [0.1, 0.15) is 10.8 Å². The predicted octanol–water partition coefficient (Wildman–Crippen LogP) is 3.01. The minimum absolute atomic E-state index is 0.260.